The molecule has 0 saturated carbocycles. The van der Waals surface area contributed by atoms with Crippen molar-refractivity contribution in [1.29, 1.82) is 0 Å². The highest BCUT2D eigenvalue weighted by Gasteiger charge is 2.72. The molecule has 0 aliphatic rings. The zero-order valence-corrected chi connectivity index (χ0v) is 15.8. The maximum Gasteiger partial charge on any atom is 0.483 e. The molecule has 1 unspecified atom stereocenters. The third-order valence-electron chi connectivity index (χ3n) is 3.48. The molecule has 0 spiro atoms. The van der Waals surface area contributed by atoms with Crippen LogP contribution in [-0.4, -0.2) is 55.0 Å². The summed E-state index contributed by atoms with van der Waals surface area (Å²) >= 11 is 0. The lowest BCUT2D eigenvalue weighted by Gasteiger charge is -2.31. The topological polar surface area (TPSA) is 47.9 Å². The van der Waals surface area contributed by atoms with E-state index in [1.807, 2.05) is 0 Å². The SMILES string of the molecule is C=CCCCCCCC(O)COCC(F)(F)OC(F)(F)C(F)(F)OC(F)(F)C(F)(F)F. The Kier molecular flexibility index (Phi) is 11.2. The molecule has 0 aromatic rings. The van der Waals surface area contributed by atoms with Crippen LogP contribution in [-0.2, 0) is 14.2 Å². The Bertz CT molecular complexity index is 538. The smallest absolute Gasteiger partial charge is 0.391 e. The molecule has 0 aliphatic heterocycles. The van der Waals surface area contributed by atoms with Crippen molar-refractivity contribution < 1.29 is 67.6 Å². The number of rotatable bonds is 16. The summed E-state index contributed by atoms with van der Waals surface area (Å²) in [7, 11) is 0. The van der Waals surface area contributed by atoms with E-state index in [2.05, 4.69) is 16.1 Å². The van der Waals surface area contributed by atoms with Crippen molar-refractivity contribution in [2.75, 3.05) is 13.2 Å². The third-order valence-corrected chi connectivity index (χ3v) is 3.48. The Morgan fingerprint density at radius 1 is 0.742 bits per heavy atom. The highest BCUT2D eigenvalue weighted by molar-refractivity contribution is 4.75. The predicted molar refractivity (Wildman–Crippen MR) is 82.7 cm³/mol. The van der Waals surface area contributed by atoms with Crippen LogP contribution in [0.15, 0.2) is 12.7 Å². The summed E-state index contributed by atoms with van der Waals surface area (Å²) < 4.78 is 147. The fourth-order valence-electron chi connectivity index (χ4n) is 1.97. The van der Waals surface area contributed by atoms with E-state index in [9.17, 15) is 53.4 Å². The Hall–Kier alpha value is -1.19. The summed E-state index contributed by atoms with van der Waals surface area (Å²) in [5.41, 5.74) is 0. The van der Waals surface area contributed by atoms with Crippen molar-refractivity contribution in [3.8, 4) is 0 Å². The number of halogens is 11. The van der Waals surface area contributed by atoms with Gasteiger partial charge in [0.25, 0.3) is 0 Å². The summed E-state index contributed by atoms with van der Waals surface area (Å²) in [4.78, 5) is 0. The fourth-order valence-corrected chi connectivity index (χ4v) is 1.97. The number of hydrogen-bond donors (Lipinski definition) is 1. The average Bonchev–Trinajstić information content (AvgIpc) is 2.54. The van der Waals surface area contributed by atoms with E-state index in [4.69, 9.17) is 0 Å². The van der Waals surface area contributed by atoms with Crippen LogP contribution in [0.2, 0.25) is 0 Å². The van der Waals surface area contributed by atoms with Gasteiger partial charge in [0.15, 0.2) is 0 Å². The van der Waals surface area contributed by atoms with Gasteiger partial charge in [-0.1, -0.05) is 25.3 Å². The molecule has 31 heavy (non-hydrogen) atoms. The van der Waals surface area contributed by atoms with Crippen LogP contribution in [0.4, 0.5) is 48.3 Å². The third kappa shape index (κ3) is 10.8. The molecule has 4 nitrogen and oxygen atoms in total. The molecule has 0 aromatic carbocycles. The van der Waals surface area contributed by atoms with Gasteiger partial charge in [0.2, 0.25) is 0 Å². The molecule has 0 bridgehead atoms. The van der Waals surface area contributed by atoms with Gasteiger partial charge in [0.05, 0.1) is 12.7 Å². The molecule has 186 valence electrons. The standard InChI is InChI=1S/C16H21F11O4/c1-2-3-4-5-6-7-8-11(28)9-29-10-12(17,18)30-15(24,25)16(26,27)31-14(22,23)13(19,20)21/h2,11,28H,1,3-10H2. The first-order valence-electron chi connectivity index (χ1n) is 8.72. The van der Waals surface area contributed by atoms with Gasteiger partial charge in [-0.2, -0.15) is 48.3 Å². The van der Waals surface area contributed by atoms with Crippen molar-refractivity contribution in [1.82, 2.24) is 0 Å². The van der Waals surface area contributed by atoms with Crippen molar-refractivity contribution >= 4 is 0 Å². The first-order valence-corrected chi connectivity index (χ1v) is 8.72. The number of allylic oxidation sites excluding steroid dienone is 1. The molecule has 1 atom stereocenters. The van der Waals surface area contributed by atoms with Crippen molar-refractivity contribution in [3.63, 3.8) is 0 Å². The van der Waals surface area contributed by atoms with E-state index < -0.39 is 49.9 Å². The van der Waals surface area contributed by atoms with Crippen molar-refractivity contribution in [2.24, 2.45) is 0 Å². The van der Waals surface area contributed by atoms with Crippen LogP contribution >= 0.6 is 0 Å². The summed E-state index contributed by atoms with van der Waals surface area (Å²) in [5, 5.41) is 9.51. The zero-order valence-electron chi connectivity index (χ0n) is 15.8. The monoisotopic (exact) mass is 486 g/mol. The van der Waals surface area contributed by atoms with Gasteiger partial charge in [-0.3, -0.25) is 0 Å². The van der Waals surface area contributed by atoms with Gasteiger partial charge >= 0.3 is 30.6 Å². The van der Waals surface area contributed by atoms with Gasteiger partial charge < -0.3 is 9.84 Å². The second-order valence-electron chi connectivity index (χ2n) is 6.34. The van der Waals surface area contributed by atoms with E-state index in [0.29, 0.717) is 12.8 Å². The Balaban J connectivity index is 4.60. The molecule has 15 heteroatoms. The zero-order chi connectivity index (χ0) is 24.6. The molecule has 0 aliphatic carbocycles. The van der Waals surface area contributed by atoms with Gasteiger partial charge in [0, 0.05) is 0 Å². The Labute approximate surface area is 169 Å². The van der Waals surface area contributed by atoms with E-state index >= 15 is 0 Å². The first-order chi connectivity index (χ1) is 13.9. The predicted octanol–water partition coefficient (Wildman–Crippen LogP) is 5.86. The Morgan fingerprint density at radius 3 is 1.77 bits per heavy atom. The lowest BCUT2D eigenvalue weighted by Crippen LogP contribution is -2.55. The van der Waals surface area contributed by atoms with E-state index in [0.717, 1.165) is 19.3 Å². The molecule has 0 rings (SSSR count). The van der Waals surface area contributed by atoms with E-state index in [-0.39, 0.29) is 6.42 Å². The molecule has 0 radical (unpaired) electrons. The highest BCUT2D eigenvalue weighted by Crippen LogP contribution is 2.47. The molecule has 0 fully saturated rings. The number of unbranched alkanes of at least 4 members (excludes halogenated alkanes) is 4. The van der Waals surface area contributed by atoms with Crippen LogP contribution in [0.3, 0.4) is 0 Å². The van der Waals surface area contributed by atoms with Crippen molar-refractivity contribution in [3.05, 3.63) is 12.7 Å². The number of alkyl halides is 11. The number of aliphatic hydroxyl groups excluding tert-OH is 1. The van der Waals surface area contributed by atoms with E-state index in [1.165, 1.54) is 0 Å². The average molecular weight is 486 g/mol. The number of hydrogen-bond acceptors (Lipinski definition) is 4. The van der Waals surface area contributed by atoms with Crippen molar-refractivity contribution in [2.45, 2.75) is 75.2 Å². The van der Waals surface area contributed by atoms with Gasteiger partial charge in [-0.05, 0) is 19.3 Å². The minimum Gasteiger partial charge on any atom is -0.391 e. The normalized spacial score (nSPS) is 15.2. The van der Waals surface area contributed by atoms with E-state index in [1.54, 1.807) is 10.8 Å². The summed E-state index contributed by atoms with van der Waals surface area (Å²) in [6, 6.07) is 0. The largest absolute Gasteiger partial charge is 0.483 e. The maximum atomic E-state index is 13.3. The molecule has 0 aromatic heterocycles. The van der Waals surface area contributed by atoms with Gasteiger partial charge in [-0.15, -0.1) is 6.58 Å². The van der Waals surface area contributed by atoms with Crippen LogP contribution < -0.4 is 0 Å². The summed E-state index contributed by atoms with van der Waals surface area (Å²) in [5.74, 6) is 0. The van der Waals surface area contributed by atoms with Crippen LogP contribution in [0.25, 0.3) is 0 Å². The molecule has 0 amide bonds. The number of aliphatic hydroxyl groups is 1. The minimum absolute atomic E-state index is 0.0785. The molecular formula is C16H21F11O4. The molecular weight excluding hydrogens is 465 g/mol. The second kappa shape index (κ2) is 11.6. The van der Waals surface area contributed by atoms with Crippen LogP contribution in [0.5, 0.6) is 0 Å². The highest BCUT2D eigenvalue weighted by atomic mass is 19.4. The van der Waals surface area contributed by atoms with Gasteiger partial charge in [0.1, 0.15) is 6.61 Å². The van der Waals surface area contributed by atoms with Crippen LogP contribution in [0.1, 0.15) is 38.5 Å². The molecule has 0 saturated heterocycles. The van der Waals surface area contributed by atoms with Crippen LogP contribution in [0, 0.1) is 0 Å². The minimum atomic E-state index is -6.83. The summed E-state index contributed by atoms with van der Waals surface area (Å²) in [6.45, 7) is 0.548. The number of ether oxygens (including phenoxy) is 3. The first kappa shape index (κ1) is 29.8. The summed E-state index contributed by atoms with van der Waals surface area (Å²) in [6.07, 6.45) is -28.2. The lowest BCUT2D eigenvalue weighted by molar-refractivity contribution is -0.537. The molecule has 1 N–H and O–H groups in total. The lowest BCUT2D eigenvalue weighted by atomic mass is 10.1. The second-order valence-corrected chi connectivity index (χ2v) is 6.34. The fraction of sp³-hybridized carbons (Fsp3) is 0.875. The maximum absolute atomic E-state index is 13.3. The van der Waals surface area contributed by atoms with Gasteiger partial charge in [-0.25, -0.2) is 9.47 Å². The quantitative estimate of drug-likeness (QED) is 0.169. The Morgan fingerprint density at radius 2 is 1.26 bits per heavy atom. The molecule has 0 heterocycles.